The van der Waals surface area contributed by atoms with Crippen molar-refractivity contribution in [2.24, 2.45) is 28.0 Å². The van der Waals surface area contributed by atoms with Crippen molar-refractivity contribution in [3.63, 3.8) is 0 Å². The van der Waals surface area contributed by atoms with E-state index >= 15 is 0 Å². The van der Waals surface area contributed by atoms with Gasteiger partial charge in [-0.1, -0.05) is 62.7 Å². The molecule has 1 aliphatic heterocycles. The van der Waals surface area contributed by atoms with Gasteiger partial charge in [-0.3, -0.25) is 19.6 Å². The first-order valence-electron chi connectivity index (χ1n) is 16.7. The number of benzene rings is 2. The number of amides is 1. The number of esters is 1. The molecule has 0 radical (unpaired) electrons. The molecule has 2 aromatic heterocycles. The first-order valence-corrected chi connectivity index (χ1v) is 17.1. The average molecular weight is 725 g/mol. The van der Waals surface area contributed by atoms with Crippen molar-refractivity contribution in [1.29, 1.82) is 0 Å². The molecule has 2 aliphatic rings. The second kappa shape index (κ2) is 14.1. The zero-order valence-corrected chi connectivity index (χ0v) is 29.4. The standard InChI is InChI=1S/C36H40ClF3N8O3/c1-20(38)13-26(22-5-6-22)31(49)51-17-29(23-9-12-28(37)27(14-23)30-42-19-43-46-30)48-32(50)36(45-34(48)41,18-35(2,3)4)25-10-7-21(8-11-25)24-15-44-47(16-24)33(39)40/h7-12,14-16,19-20,22,26,29,33H,5-6,13,17-18H2,1-4H3,(H2,41,45)(H,42,43,46)/t20?,26?,29-,36-/m1/s1. The lowest BCUT2D eigenvalue weighted by Gasteiger charge is -2.35. The maximum Gasteiger partial charge on any atom is 0.333 e. The van der Waals surface area contributed by atoms with Crippen LogP contribution in [-0.4, -0.2) is 60.5 Å². The number of ether oxygens (including phenoxy) is 1. The molecule has 15 heteroatoms. The second-order valence-corrected chi connectivity index (χ2v) is 14.9. The fraction of sp³-hybridized carbons (Fsp3) is 0.444. The van der Waals surface area contributed by atoms with Crippen LogP contribution in [0.25, 0.3) is 22.5 Å². The van der Waals surface area contributed by atoms with Crippen molar-refractivity contribution in [2.45, 2.75) is 77.7 Å². The van der Waals surface area contributed by atoms with E-state index < -0.39 is 47.5 Å². The number of alkyl halides is 3. The van der Waals surface area contributed by atoms with Crippen LogP contribution in [-0.2, 0) is 19.9 Å². The van der Waals surface area contributed by atoms with Crippen molar-refractivity contribution in [3.05, 3.63) is 77.3 Å². The van der Waals surface area contributed by atoms with Crippen LogP contribution in [0, 0.1) is 17.3 Å². The van der Waals surface area contributed by atoms with Gasteiger partial charge in [0.25, 0.3) is 5.91 Å². The van der Waals surface area contributed by atoms with Gasteiger partial charge >= 0.3 is 12.5 Å². The maximum atomic E-state index is 15.0. The van der Waals surface area contributed by atoms with E-state index in [1.54, 1.807) is 42.5 Å². The lowest BCUT2D eigenvalue weighted by atomic mass is 9.75. The third-order valence-electron chi connectivity index (χ3n) is 9.22. The number of hydrogen-bond acceptors (Lipinski definition) is 8. The summed E-state index contributed by atoms with van der Waals surface area (Å²) in [6.45, 7) is 4.29. The minimum Gasteiger partial charge on any atom is -0.463 e. The van der Waals surface area contributed by atoms with Gasteiger partial charge in [-0.2, -0.15) is 19.0 Å². The summed E-state index contributed by atoms with van der Waals surface area (Å²) in [7, 11) is 0. The molecule has 270 valence electrons. The van der Waals surface area contributed by atoms with Gasteiger partial charge in [0.05, 0.1) is 29.4 Å². The van der Waals surface area contributed by atoms with Crippen molar-refractivity contribution in [2.75, 3.05) is 6.61 Å². The SMILES string of the molecule is CC(F)CC(C(=O)OC[C@H](c1ccc(Cl)c(-c2ncn[nH]2)c1)N1C(=O)[C@@](CC(C)(C)C)(c2ccc(-c3cnn(C(F)F)c3)cc2)N=C1N)C1CC1. The van der Waals surface area contributed by atoms with Crippen LogP contribution >= 0.6 is 11.6 Å². The van der Waals surface area contributed by atoms with E-state index in [2.05, 4.69) is 20.3 Å². The molecule has 0 bridgehead atoms. The van der Waals surface area contributed by atoms with Crippen LogP contribution < -0.4 is 5.73 Å². The van der Waals surface area contributed by atoms with E-state index in [9.17, 15) is 22.8 Å². The molecule has 6 rings (SSSR count). The number of nitrogens with zero attached hydrogens (tertiary/aromatic N) is 6. The average Bonchev–Trinajstić information content (AvgIpc) is 3.43. The van der Waals surface area contributed by atoms with Crippen LogP contribution in [0.15, 0.2) is 66.2 Å². The monoisotopic (exact) mass is 724 g/mol. The molecule has 51 heavy (non-hydrogen) atoms. The van der Waals surface area contributed by atoms with Crippen molar-refractivity contribution >= 4 is 29.4 Å². The third-order valence-corrected chi connectivity index (χ3v) is 9.55. The van der Waals surface area contributed by atoms with Crippen LogP contribution in [0.1, 0.15) is 77.1 Å². The van der Waals surface area contributed by atoms with Gasteiger partial charge in [-0.15, -0.1) is 0 Å². The third kappa shape index (κ3) is 7.65. The molecule has 2 unspecified atom stereocenters. The van der Waals surface area contributed by atoms with Gasteiger partial charge in [0.15, 0.2) is 17.3 Å². The number of nitrogens with one attached hydrogen (secondary N) is 1. The van der Waals surface area contributed by atoms with E-state index in [1.165, 1.54) is 30.5 Å². The number of carbonyl (C=O) groups excluding carboxylic acids is 2. The largest absolute Gasteiger partial charge is 0.463 e. The number of aromatic amines is 1. The molecule has 2 aromatic carbocycles. The van der Waals surface area contributed by atoms with E-state index in [0.29, 0.717) is 43.3 Å². The predicted molar refractivity (Wildman–Crippen MR) is 185 cm³/mol. The lowest BCUT2D eigenvalue weighted by molar-refractivity contribution is -0.153. The Morgan fingerprint density at radius 2 is 1.86 bits per heavy atom. The number of nitrogens with two attached hydrogens (primary N) is 1. The highest BCUT2D eigenvalue weighted by Gasteiger charge is 2.53. The molecule has 1 fully saturated rings. The van der Waals surface area contributed by atoms with Gasteiger partial charge in [0.2, 0.25) is 0 Å². The Morgan fingerprint density at radius 3 is 2.45 bits per heavy atom. The summed E-state index contributed by atoms with van der Waals surface area (Å²) in [5.41, 5.74) is 7.45. The molecule has 1 saturated carbocycles. The summed E-state index contributed by atoms with van der Waals surface area (Å²) in [5, 5.41) is 10.8. The quantitative estimate of drug-likeness (QED) is 0.138. The van der Waals surface area contributed by atoms with Gasteiger partial charge in [-0.05, 0) is 72.8 Å². The molecule has 0 spiro atoms. The van der Waals surface area contributed by atoms with Crippen molar-refractivity contribution < 1.29 is 27.5 Å². The Kier molecular flexibility index (Phi) is 9.99. The molecule has 4 aromatic rings. The lowest BCUT2D eigenvalue weighted by Crippen LogP contribution is -2.47. The number of hydrogen-bond donors (Lipinski definition) is 2. The number of aromatic nitrogens is 5. The summed E-state index contributed by atoms with van der Waals surface area (Å²) < 4.78 is 47.0. The van der Waals surface area contributed by atoms with Crippen molar-refractivity contribution in [1.82, 2.24) is 29.9 Å². The highest BCUT2D eigenvalue weighted by molar-refractivity contribution is 6.33. The summed E-state index contributed by atoms with van der Waals surface area (Å²) in [6, 6.07) is 11.0. The molecular weight excluding hydrogens is 685 g/mol. The Hall–Kier alpha value is -4.72. The molecule has 3 heterocycles. The van der Waals surface area contributed by atoms with Crippen LogP contribution in [0.4, 0.5) is 13.2 Å². The second-order valence-electron chi connectivity index (χ2n) is 14.5. The van der Waals surface area contributed by atoms with E-state index in [4.69, 9.17) is 27.1 Å². The highest BCUT2D eigenvalue weighted by atomic mass is 35.5. The molecule has 3 N–H and O–H groups in total. The van der Waals surface area contributed by atoms with E-state index in [0.717, 1.165) is 12.8 Å². The summed E-state index contributed by atoms with van der Waals surface area (Å²) in [5.74, 6) is -1.23. The van der Waals surface area contributed by atoms with E-state index in [1.807, 2.05) is 20.8 Å². The smallest absolute Gasteiger partial charge is 0.333 e. The van der Waals surface area contributed by atoms with Crippen LogP contribution in [0.5, 0.6) is 0 Å². The molecular formula is C36H40ClF3N8O3. The fourth-order valence-corrected chi connectivity index (χ4v) is 7.00. The first kappa shape index (κ1) is 36.1. The summed E-state index contributed by atoms with van der Waals surface area (Å²) in [6.07, 6.45) is 4.69. The number of carbonyl (C=O) groups is 2. The summed E-state index contributed by atoms with van der Waals surface area (Å²) in [4.78, 5) is 38.9. The topological polar surface area (TPSA) is 144 Å². The molecule has 11 nitrogen and oxygen atoms in total. The van der Waals surface area contributed by atoms with Crippen LogP contribution in [0.3, 0.4) is 0 Å². The van der Waals surface area contributed by atoms with Gasteiger partial charge in [0, 0.05) is 17.3 Å². The molecule has 4 atom stereocenters. The zero-order valence-electron chi connectivity index (χ0n) is 28.7. The molecule has 0 saturated heterocycles. The fourth-order valence-electron chi connectivity index (χ4n) is 6.79. The first-order chi connectivity index (χ1) is 24.2. The number of guanidine groups is 1. The predicted octanol–water partition coefficient (Wildman–Crippen LogP) is 7.23. The number of H-pyrrole nitrogens is 1. The molecule has 1 amide bonds. The number of aliphatic imine (C=N–C) groups is 1. The van der Waals surface area contributed by atoms with E-state index in [-0.39, 0.29) is 31.3 Å². The highest BCUT2D eigenvalue weighted by Crippen LogP contribution is 2.46. The summed E-state index contributed by atoms with van der Waals surface area (Å²) >= 11 is 6.56. The Bertz CT molecular complexity index is 1900. The number of halogens is 4. The van der Waals surface area contributed by atoms with Crippen LogP contribution in [0.2, 0.25) is 5.02 Å². The van der Waals surface area contributed by atoms with Gasteiger partial charge in [-0.25, -0.2) is 19.0 Å². The Morgan fingerprint density at radius 1 is 1.14 bits per heavy atom. The van der Waals surface area contributed by atoms with Gasteiger partial charge in [0.1, 0.15) is 12.9 Å². The van der Waals surface area contributed by atoms with Gasteiger partial charge < -0.3 is 10.5 Å². The minimum absolute atomic E-state index is 0.0462. The minimum atomic E-state index is -2.78. The molecule has 1 aliphatic carbocycles. The zero-order chi connectivity index (χ0) is 36.7. The maximum absolute atomic E-state index is 15.0. The Balaban J connectivity index is 1.39. The Labute approximate surface area is 298 Å². The van der Waals surface area contributed by atoms with Crippen molar-refractivity contribution in [3.8, 4) is 22.5 Å². The number of rotatable bonds is 13. The normalized spacial score (nSPS) is 19.7.